The average Bonchev–Trinajstić information content (AvgIpc) is 3.05. The monoisotopic (exact) mass is 413 g/mol. The van der Waals surface area contributed by atoms with Crippen molar-refractivity contribution in [1.29, 1.82) is 0 Å². The van der Waals surface area contributed by atoms with Gasteiger partial charge in [-0.3, -0.25) is 0 Å². The predicted octanol–water partition coefficient (Wildman–Crippen LogP) is 7.84. The molecule has 3 saturated carbocycles. The standard InChI is InChI=1S/C29H49O/c1-20(2)7-6-8-21(3)25-11-12-26-24-10-9-23-19-22(15-18-30)13-16-28(23,4)27(24)14-17-29(25,26)5/h9,15,20-22,24-27,30H,6-8,10-14,16-19H2,1-5H3/t21-,22-,24?,25-,26?,27?,28+,29-/m1/s1. The molecular weight excluding hydrogens is 364 g/mol. The average molecular weight is 414 g/mol. The van der Waals surface area contributed by atoms with Gasteiger partial charge in [-0.1, -0.05) is 65.5 Å². The van der Waals surface area contributed by atoms with Gasteiger partial charge in [0.25, 0.3) is 0 Å². The first-order valence-corrected chi connectivity index (χ1v) is 13.4. The zero-order chi connectivity index (χ0) is 21.5. The molecule has 0 aromatic rings. The maximum atomic E-state index is 9.37. The lowest BCUT2D eigenvalue weighted by Crippen LogP contribution is -2.50. The third-order valence-corrected chi connectivity index (χ3v) is 10.8. The van der Waals surface area contributed by atoms with Crippen LogP contribution < -0.4 is 0 Å². The summed E-state index contributed by atoms with van der Waals surface area (Å²) < 4.78 is 0. The Hall–Kier alpha value is -0.300. The summed E-state index contributed by atoms with van der Waals surface area (Å²) in [5.74, 6) is 6.15. The summed E-state index contributed by atoms with van der Waals surface area (Å²) in [5.41, 5.74) is 2.80. The molecule has 0 amide bonds. The van der Waals surface area contributed by atoms with Crippen molar-refractivity contribution >= 4 is 0 Å². The van der Waals surface area contributed by atoms with Crippen molar-refractivity contribution in [1.82, 2.24) is 0 Å². The van der Waals surface area contributed by atoms with E-state index in [0.29, 0.717) is 16.7 Å². The predicted molar refractivity (Wildman–Crippen MR) is 128 cm³/mol. The summed E-state index contributed by atoms with van der Waals surface area (Å²) in [5, 5.41) is 9.37. The van der Waals surface area contributed by atoms with E-state index in [1.165, 1.54) is 70.6 Å². The number of rotatable bonds is 7. The first kappa shape index (κ1) is 22.9. The largest absolute Gasteiger partial charge is 0.396 e. The number of allylic oxidation sites excluding steroid dienone is 2. The highest BCUT2D eigenvalue weighted by Gasteiger charge is 2.59. The Labute approximate surface area is 187 Å². The van der Waals surface area contributed by atoms with Crippen LogP contribution in [0.3, 0.4) is 0 Å². The van der Waals surface area contributed by atoms with E-state index >= 15 is 0 Å². The number of hydrogen-bond acceptors (Lipinski definition) is 1. The summed E-state index contributed by atoms with van der Waals surface area (Å²) in [6, 6.07) is 0. The van der Waals surface area contributed by atoms with Gasteiger partial charge >= 0.3 is 0 Å². The molecule has 8 atom stereocenters. The molecule has 0 bridgehead atoms. The van der Waals surface area contributed by atoms with Crippen molar-refractivity contribution in [3.05, 3.63) is 18.1 Å². The Kier molecular flexibility index (Phi) is 6.80. The molecule has 1 N–H and O–H groups in total. The molecule has 1 heteroatoms. The van der Waals surface area contributed by atoms with Crippen molar-refractivity contribution in [2.45, 2.75) is 105 Å². The van der Waals surface area contributed by atoms with Gasteiger partial charge in [-0.2, -0.15) is 0 Å². The Bertz CT molecular complexity index is 620. The first-order chi connectivity index (χ1) is 14.3. The second kappa shape index (κ2) is 8.92. The second-order valence-electron chi connectivity index (χ2n) is 12.7. The molecular formula is C29H49O. The summed E-state index contributed by atoms with van der Waals surface area (Å²) in [6.45, 7) is 12.9. The zero-order valence-corrected chi connectivity index (χ0v) is 20.6. The Morgan fingerprint density at radius 1 is 1.03 bits per heavy atom. The minimum atomic E-state index is 0.248. The van der Waals surface area contributed by atoms with E-state index in [-0.39, 0.29) is 6.61 Å². The normalized spacial score (nSPS) is 44.2. The van der Waals surface area contributed by atoms with Gasteiger partial charge in [-0.25, -0.2) is 0 Å². The van der Waals surface area contributed by atoms with Crippen molar-refractivity contribution in [3.63, 3.8) is 0 Å². The van der Waals surface area contributed by atoms with Gasteiger partial charge in [0.15, 0.2) is 0 Å². The first-order valence-electron chi connectivity index (χ1n) is 13.4. The van der Waals surface area contributed by atoms with Crippen LogP contribution in [0.25, 0.3) is 0 Å². The smallest absolute Gasteiger partial charge is 0.0465 e. The van der Waals surface area contributed by atoms with Crippen LogP contribution in [-0.4, -0.2) is 11.7 Å². The number of aliphatic hydroxyl groups excluding tert-OH is 1. The van der Waals surface area contributed by atoms with Gasteiger partial charge in [0, 0.05) is 6.61 Å². The van der Waals surface area contributed by atoms with E-state index < -0.39 is 0 Å². The fourth-order valence-corrected chi connectivity index (χ4v) is 9.06. The third kappa shape index (κ3) is 3.95. The van der Waals surface area contributed by atoms with Crippen LogP contribution in [0.15, 0.2) is 11.6 Å². The topological polar surface area (TPSA) is 20.2 Å². The van der Waals surface area contributed by atoms with Crippen molar-refractivity contribution in [3.8, 4) is 0 Å². The molecule has 0 spiro atoms. The molecule has 4 aliphatic carbocycles. The number of hydrogen-bond donors (Lipinski definition) is 1. The van der Waals surface area contributed by atoms with Crippen LogP contribution >= 0.6 is 0 Å². The zero-order valence-electron chi connectivity index (χ0n) is 20.6. The number of aliphatic hydroxyl groups is 1. The van der Waals surface area contributed by atoms with E-state index in [4.69, 9.17) is 0 Å². The molecule has 1 nitrogen and oxygen atoms in total. The summed E-state index contributed by atoms with van der Waals surface area (Å²) in [7, 11) is 0. The molecule has 30 heavy (non-hydrogen) atoms. The minimum absolute atomic E-state index is 0.248. The number of fused-ring (bicyclic) bond motifs is 5. The van der Waals surface area contributed by atoms with Crippen molar-refractivity contribution < 1.29 is 5.11 Å². The maximum Gasteiger partial charge on any atom is 0.0465 e. The summed E-state index contributed by atoms with van der Waals surface area (Å²) >= 11 is 0. The van der Waals surface area contributed by atoms with Crippen molar-refractivity contribution in [2.24, 2.45) is 52.3 Å². The quantitative estimate of drug-likeness (QED) is 0.421. The molecule has 0 aromatic heterocycles. The minimum Gasteiger partial charge on any atom is -0.396 e. The molecule has 0 aliphatic heterocycles. The molecule has 3 unspecified atom stereocenters. The molecule has 171 valence electrons. The van der Waals surface area contributed by atoms with Crippen LogP contribution in [0.5, 0.6) is 0 Å². The van der Waals surface area contributed by atoms with Crippen LogP contribution in [-0.2, 0) is 0 Å². The lowest BCUT2D eigenvalue weighted by molar-refractivity contribution is -0.0521. The van der Waals surface area contributed by atoms with E-state index in [1.807, 2.05) is 0 Å². The molecule has 1 radical (unpaired) electrons. The third-order valence-electron chi connectivity index (χ3n) is 10.8. The van der Waals surface area contributed by atoms with E-state index in [2.05, 4.69) is 47.1 Å². The van der Waals surface area contributed by atoms with Crippen LogP contribution in [0, 0.1) is 58.7 Å². The molecule has 4 rings (SSSR count). The summed E-state index contributed by atoms with van der Waals surface area (Å²) in [6.07, 6.45) is 20.3. The van der Waals surface area contributed by atoms with Crippen molar-refractivity contribution in [2.75, 3.05) is 6.61 Å². The van der Waals surface area contributed by atoms with E-state index in [0.717, 1.165) is 35.5 Å². The van der Waals surface area contributed by atoms with Gasteiger partial charge in [0.1, 0.15) is 0 Å². The van der Waals surface area contributed by atoms with E-state index in [1.54, 1.807) is 5.57 Å². The van der Waals surface area contributed by atoms with Crippen LogP contribution in [0.2, 0.25) is 0 Å². The Morgan fingerprint density at radius 3 is 2.57 bits per heavy atom. The molecule has 3 fully saturated rings. The lowest BCUT2D eigenvalue weighted by atomic mass is 9.46. The fourth-order valence-electron chi connectivity index (χ4n) is 9.06. The molecule has 0 heterocycles. The molecule has 0 saturated heterocycles. The Morgan fingerprint density at radius 2 is 1.83 bits per heavy atom. The SMILES string of the molecule is CC(C)CCC[C@@H](C)[C@H]1CCC2C3CC=C4C[C@@H]([CH]CO)CC[C@]4(C)C3CC[C@@]21C. The highest BCUT2D eigenvalue weighted by atomic mass is 16.3. The highest BCUT2D eigenvalue weighted by molar-refractivity contribution is 5.25. The van der Waals surface area contributed by atoms with E-state index in [9.17, 15) is 5.11 Å². The lowest BCUT2D eigenvalue weighted by Gasteiger charge is -2.58. The van der Waals surface area contributed by atoms with Crippen LogP contribution in [0.4, 0.5) is 0 Å². The molecule has 4 aliphatic rings. The van der Waals surface area contributed by atoms with Gasteiger partial charge in [0.05, 0.1) is 0 Å². The fraction of sp³-hybridized carbons (Fsp3) is 0.897. The Balaban J connectivity index is 1.47. The highest BCUT2D eigenvalue weighted by Crippen LogP contribution is 2.67. The summed E-state index contributed by atoms with van der Waals surface area (Å²) in [4.78, 5) is 0. The van der Waals surface area contributed by atoms with Gasteiger partial charge in [-0.05, 0) is 110 Å². The van der Waals surface area contributed by atoms with Gasteiger partial charge in [0.2, 0.25) is 0 Å². The second-order valence-corrected chi connectivity index (χ2v) is 12.7. The maximum absolute atomic E-state index is 9.37. The van der Waals surface area contributed by atoms with Crippen LogP contribution in [0.1, 0.15) is 105 Å². The molecule has 0 aromatic carbocycles. The van der Waals surface area contributed by atoms with Gasteiger partial charge < -0.3 is 5.11 Å². The van der Waals surface area contributed by atoms with Gasteiger partial charge in [-0.15, -0.1) is 0 Å².